The zero-order valence-corrected chi connectivity index (χ0v) is 13.8. The Labute approximate surface area is 126 Å². The van der Waals surface area contributed by atoms with Gasteiger partial charge in [0.2, 0.25) is 0 Å². The van der Waals surface area contributed by atoms with Crippen LogP contribution in [0.25, 0.3) is 0 Å². The van der Waals surface area contributed by atoms with Crippen LogP contribution in [0.5, 0.6) is 0 Å². The number of rotatable bonds is 7. The molecule has 0 radical (unpaired) electrons. The summed E-state index contributed by atoms with van der Waals surface area (Å²) in [5.41, 5.74) is 5.22. The van der Waals surface area contributed by atoms with Crippen LogP contribution in [-0.2, 0) is 19.5 Å². The van der Waals surface area contributed by atoms with Crippen molar-refractivity contribution in [3.05, 3.63) is 39.3 Å². The molecule has 1 N–H and O–H groups in total. The van der Waals surface area contributed by atoms with E-state index in [1.54, 1.807) is 11.3 Å². The maximum atomic E-state index is 4.69. The molecule has 0 aromatic carbocycles. The minimum absolute atomic E-state index is 0.684. The van der Waals surface area contributed by atoms with Crippen LogP contribution in [0, 0.1) is 19.8 Å². The maximum Gasteiger partial charge on any atom is 0.0641 e. The highest BCUT2D eigenvalue weighted by Crippen LogP contribution is 2.14. The lowest BCUT2D eigenvalue weighted by molar-refractivity contribution is 0.549. The van der Waals surface area contributed by atoms with Gasteiger partial charge in [0, 0.05) is 24.3 Å². The normalized spacial score (nSPS) is 11.4. The smallest absolute Gasteiger partial charge is 0.0641 e. The quantitative estimate of drug-likeness (QED) is 0.845. The van der Waals surface area contributed by atoms with Crippen LogP contribution in [-0.4, -0.2) is 16.3 Å². The van der Waals surface area contributed by atoms with Gasteiger partial charge >= 0.3 is 0 Å². The molecule has 0 aliphatic rings. The van der Waals surface area contributed by atoms with Crippen molar-refractivity contribution in [3.63, 3.8) is 0 Å². The second kappa shape index (κ2) is 7.04. The Balaban J connectivity index is 1.97. The van der Waals surface area contributed by atoms with Gasteiger partial charge in [-0.3, -0.25) is 4.68 Å². The van der Waals surface area contributed by atoms with Crippen molar-refractivity contribution in [2.45, 2.75) is 47.2 Å². The third-order valence-electron chi connectivity index (χ3n) is 3.58. The number of nitrogens with one attached hydrogen (secondary N) is 1. The molecular formula is C16H25N3S. The van der Waals surface area contributed by atoms with Crippen molar-refractivity contribution in [3.8, 4) is 0 Å². The second-order valence-electron chi connectivity index (χ2n) is 5.78. The number of thiophene rings is 1. The van der Waals surface area contributed by atoms with Crippen LogP contribution in [0.3, 0.4) is 0 Å². The van der Waals surface area contributed by atoms with Gasteiger partial charge in [0.25, 0.3) is 0 Å². The highest BCUT2D eigenvalue weighted by molar-refractivity contribution is 7.07. The fourth-order valence-electron chi connectivity index (χ4n) is 2.36. The fraction of sp³-hybridized carbons (Fsp3) is 0.562. The van der Waals surface area contributed by atoms with E-state index in [-0.39, 0.29) is 0 Å². The summed E-state index contributed by atoms with van der Waals surface area (Å²) >= 11 is 1.76. The van der Waals surface area contributed by atoms with E-state index in [0.29, 0.717) is 5.92 Å². The molecule has 0 aliphatic carbocycles. The number of nitrogens with zero attached hydrogens (tertiary/aromatic N) is 2. The van der Waals surface area contributed by atoms with E-state index < -0.39 is 0 Å². The van der Waals surface area contributed by atoms with Gasteiger partial charge in [-0.1, -0.05) is 13.8 Å². The molecule has 0 saturated heterocycles. The Morgan fingerprint density at radius 3 is 2.80 bits per heavy atom. The molecule has 0 bridgehead atoms. The lowest BCUT2D eigenvalue weighted by Crippen LogP contribution is -2.19. The molecule has 0 spiro atoms. The largest absolute Gasteiger partial charge is 0.312 e. The van der Waals surface area contributed by atoms with E-state index in [0.717, 1.165) is 31.7 Å². The fourth-order valence-corrected chi connectivity index (χ4v) is 3.07. The van der Waals surface area contributed by atoms with Crippen molar-refractivity contribution in [1.82, 2.24) is 15.1 Å². The van der Waals surface area contributed by atoms with Crippen molar-refractivity contribution >= 4 is 11.3 Å². The lowest BCUT2D eigenvalue weighted by atomic mass is 10.1. The Hall–Kier alpha value is -1.13. The number of hydrogen-bond donors (Lipinski definition) is 1. The zero-order chi connectivity index (χ0) is 14.5. The molecule has 2 aromatic heterocycles. The van der Waals surface area contributed by atoms with Gasteiger partial charge in [0.1, 0.15) is 0 Å². The molecule has 2 aromatic rings. The lowest BCUT2D eigenvalue weighted by Gasteiger charge is -2.08. The summed E-state index contributed by atoms with van der Waals surface area (Å²) in [4.78, 5) is 0. The number of hydrogen-bond acceptors (Lipinski definition) is 3. The van der Waals surface area contributed by atoms with Gasteiger partial charge < -0.3 is 5.32 Å². The van der Waals surface area contributed by atoms with Gasteiger partial charge in [-0.05, 0) is 55.1 Å². The molecule has 4 heteroatoms. The average Bonchev–Trinajstić information content (AvgIpc) is 2.99. The molecule has 20 heavy (non-hydrogen) atoms. The van der Waals surface area contributed by atoms with E-state index in [2.05, 4.69) is 59.6 Å². The molecule has 0 atom stereocenters. The monoisotopic (exact) mass is 291 g/mol. The Bertz CT molecular complexity index is 526. The van der Waals surface area contributed by atoms with Gasteiger partial charge in [-0.25, -0.2) is 0 Å². The Morgan fingerprint density at radius 2 is 2.15 bits per heavy atom. The summed E-state index contributed by atoms with van der Waals surface area (Å²) < 4.78 is 2.15. The second-order valence-corrected chi connectivity index (χ2v) is 6.56. The molecule has 0 unspecified atom stereocenters. The number of aryl methyl sites for hydroxylation is 3. The zero-order valence-electron chi connectivity index (χ0n) is 12.9. The van der Waals surface area contributed by atoms with Crippen LogP contribution < -0.4 is 5.32 Å². The van der Waals surface area contributed by atoms with E-state index in [9.17, 15) is 0 Å². The van der Waals surface area contributed by atoms with Crippen molar-refractivity contribution < 1.29 is 0 Å². The van der Waals surface area contributed by atoms with Crippen LogP contribution >= 0.6 is 11.3 Å². The Kier molecular flexibility index (Phi) is 5.38. The summed E-state index contributed by atoms with van der Waals surface area (Å²) in [6, 6.07) is 2.20. The third-order valence-corrected chi connectivity index (χ3v) is 4.31. The first-order valence-electron chi connectivity index (χ1n) is 7.32. The van der Waals surface area contributed by atoms with Crippen molar-refractivity contribution in [1.29, 1.82) is 0 Å². The molecule has 0 amide bonds. The van der Waals surface area contributed by atoms with Gasteiger partial charge in [-0.2, -0.15) is 16.4 Å². The highest BCUT2D eigenvalue weighted by Gasteiger charge is 2.11. The molecular weight excluding hydrogens is 266 g/mol. The minimum Gasteiger partial charge on any atom is -0.312 e. The molecule has 2 heterocycles. The molecule has 0 fully saturated rings. The summed E-state index contributed by atoms with van der Waals surface area (Å²) in [5, 5.41) is 12.6. The van der Waals surface area contributed by atoms with Crippen LogP contribution in [0.2, 0.25) is 0 Å². The molecule has 3 nitrogen and oxygen atoms in total. The van der Waals surface area contributed by atoms with Gasteiger partial charge in [-0.15, -0.1) is 0 Å². The van der Waals surface area contributed by atoms with E-state index in [4.69, 9.17) is 0 Å². The topological polar surface area (TPSA) is 29.9 Å². The van der Waals surface area contributed by atoms with Crippen LogP contribution in [0.15, 0.2) is 16.8 Å². The Morgan fingerprint density at radius 1 is 1.35 bits per heavy atom. The summed E-state index contributed by atoms with van der Waals surface area (Å²) in [6.45, 7) is 11.7. The summed E-state index contributed by atoms with van der Waals surface area (Å²) in [6.07, 6.45) is 1.06. The first-order valence-corrected chi connectivity index (χ1v) is 8.27. The predicted molar refractivity (Wildman–Crippen MR) is 86.3 cm³/mol. The molecule has 110 valence electrons. The van der Waals surface area contributed by atoms with Crippen molar-refractivity contribution in [2.75, 3.05) is 6.54 Å². The van der Waals surface area contributed by atoms with Gasteiger partial charge in [0.15, 0.2) is 0 Å². The van der Waals surface area contributed by atoms with E-state index in [1.165, 1.54) is 16.8 Å². The predicted octanol–water partition coefficient (Wildman–Crippen LogP) is 3.55. The minimum atomic E-state index is 0.684. The number of aromatic nitrogens is 2. The third kappa shape index (κ3) is 3.93. The van der Waals surface area contributed by atoms with E-state index in [1.807, 2.05) is 0 Å². The molecule has 0 saturated carbocycles. The van der Waals surface area contributed by atoms with Crippen molar-refractivity contribution in [2.24, 2.45) is 5.92 Å². The van der Waals surface area contributed by atoms with Gasteiger partial charge in [0.05, 0.1) is 5.69 Å². The summed E-state index contributed by atoms with van der Waals surface area (Å²) in [5.74, 6) is 0.684. The standard InChI is InChI=1S/C16H25N3S/c1-12(2)9-17-10-16-13(3)18-19(14(16)4)7-5-15-6-8-20-11-15/h6,8,11-12,17H,5,7,9-10H2,1-4H3. The molecule has 0 aliphatic heterocycles. The highest BCUT2D eigenvalue weighted by atomic mass is 32.1. The SMILES string of the molecule is Cc1nn(CCc2ccsc2)c(C)c1CNCC(C)C. The van der Waals surface area contributed by atoms with E-state index >= 15 is 0 Å². The first kappa shape index (κ1) is 15.3. The van der Waals surface area contributed by atoms with Crippen LogP contribution in [0.1, 0.15) is 36.4 Å². The average molecular weight is 291 g/mol. The molecule has 2 rings (SSSR count). The first-order chi connectivity index (χ1) is 9.58. The van der Waals surface area contributed by atoms with Crippen LogP contribution in [0.4, 0.5) is 0 Å². The maximum absolute atomic E-state index is 4.69. The summed E-state index contributed by atoms with van der Waals surface area (Å²) in [7, 11) is 0.